The quantitative estimate of drug-likeness (QED) is 0.437. The van der Waals surface area contributed by atoms with Gasteiger partial charge in [0.1, 0.15) is 6.04 Å². The van der Waals surface area contributed by atoms with Crippen LogP contribution in [-0.2, 0) is 22.7 Å². The number of nitrogens with one attached hydrogen (secondary N) is 4. The molecule has 0 radical (unpaired) electrons. The van der Waals surface area contributed by atoms with Crippen molar-refractivity contribution in [2.75, 3.05) is 10.6 Å². The molecule has 1 saturated heterocycles. The summed E-state index contributed by atoms with van der Waals surface area (Å²) in [5, 5.41) is 18.5. The average Bonchev–Trinajstić information content (AvgIpc) is 3.09. The topological polar surface area (TPSA) is 157 Å². The molecule has 0 bridgehead atoms. The Kier molecular flexibility index (Phi) is 5.94. The van der Waals surface area contributed by atoms with Gasteiger partial charge in [-0.05, 0) is 47.9 Å². The van der Waals surface area contributed by atoms with Crippen molar-refractivity contribution < 1.29 is 29.1 Å². The van der Waals surface area contributed by atoms with E-state index in [1.807, 2.05) is 6.07 Å². The Morgan fingerprint density at radius 3 is 2.39 bits per heavy atom. The monoisotopic (exact) mass is 451 g/mol. The van der Waals surface area contributed by atoms with Gasteiger partial charge in [-0.3, -0.25) is 25.0 Å². The fourth-order valence-corrected chi connectivity index (χ4v) is 3.86. The molecule has 33 heavy (non-hydrogen) atoms. The van der Waals surface area contributed by atoms with E-state index in [0.29, 0.717) is 23.4 Å². The molecule has 1 atom stereocenters. The molecule has 2 aliphatic rings. The van der Waals surface area contributed by atoms with Gasteiger partial charge in [0, 0.05) is 36.4 Å². The van der Waals surface area contributed by atoms with E-state index in [1.165, 1.54) is 17.0 Å². The molecule has 2 aromatic rings. The number of urea groups is 1. The van der Waals surface area contributed by atoms with Crippen molar-refractivity contribution in [2.45, 2.75) is 32.0 Å². The maximum atomic E-state index is 12.7. The van der Waals surface area contributed by atoms with Gasteiger partial charge < -0.3 is 20.6 Å². The van der Waals surface area contributed by atoms with Crippen LogP contribution >= 0.6 is 0 Å². The second kappa shape index (κ2) is 8.99. The van der Waals surface area contributed by atoms with E-state index in [9.17, 15) is 24.0 Å². The van der Waals surface area contributed by atoms with Crippen molar-refractivity contribution in [3.05, 3.63) is 59.2 Å². The van der Waals surface area contributed by atoms with Gasteiger partial charge in [0.05, 0.1) is 0 Å². The van der Waals surface area contributed by atoms with Crippen molar-refractivity contribution in [3.63, 3.8) is 0 Å². The SMILES string of the molecule is O=C(O)Nc1ccc(NC(=O)NCc2ccc3c(c2)CN(C2CCC(=O)NC2=O)C3=O)cc1. The fourth-order valence-electron chi connectivity index (χ4n) is 3.86. The van der Waals surface area contributed by atoms with Gasteiger partial charge in [0.2, 0.25) is 11.8 Å². The van der Waals surface area contributed by atoms with E-state index in [2.05, 4.69) is 21.3 Å². The number of fused-ring (bicyclic) bond motifs is 1. The van der Waals surface area contributed by atoms with Gasteiger partial charge >= 0.3 is 12.1 Å². The van der Waals surface area contributed by atoms with E-state index in [0.717, 1.165) is 11.1 Å². The number of amides is 6. The highest BCUT2D eigenvalue weighted by Crippen LogP contribution is 2.28. The maximum Gasteiger partial charge on any atom is 0.409 e. The van der Waals surface area contributed by atoms with Crippen molar-refractivity contribution >= 4 is 41.2 Å². The number of imide groups is 1. The van der Waals surface area contributed by atoms with E-state index in [1.54, 1.807) is 24.3 Å². The van der Waals surface area contributed by atoms with E-state index in [4.69, 9.17) is 5.11 Å². The van der Waals surface area contributed by atoms with Crippen molar-refractivity contribution in [3.8, 4) is 0 Å². The Balaban J connectivity index is 1.33. The minimum absolute atomic E-state index is 0.194. The number of carboxylic acid groups (broad SMARTS) is 1. The normalized spacial score (nSPS) is 17.3. The number of anilines is 2. The van der Waals surface area contributed by atoms with Crippen LogP contribution in [0.5, 0.6) is 0 Å². The van der Waals surface area contributed by atoms with E-state index < -0.39 is 24.1 Å². The van der Waals surface area contributed by atoms with Crippen molar-refractivity contribution in [1.29, 1.82) is 0 Å². The first-order valence-corrected chi connectivity index (χ1v) is 10.2. The molecule has 1 unspecified atom stereocenters. The van der Waals surface area contributed by atoms with Gasteiger partial charge in [-0.1, -0.05) is 12.1 Å². The third-order valence-corrected chi connectivity index (χ3v) is 5.44. The lowest BCUT2D eigenvalue weighted by Gasteiger charge is -2.29. The predicted molar refractivity (Wildman–Crippen MR) is 116 cm³/mol. The molecule has 2 aliphatic heterocycles. The highest BCUT2D eigenvalue weighted by Gasteiger charge is 2.39. The second-order valence-electron chi connectivity index (χ2n) is 7.71. The van der Waals surface area contributed by atoms with Crippen LogP contribution in [0.3, 0.4) is 0 Å². The van der Waals surface area contributed by atoms with Crippen molar-refractivity contribution in [1.82, 2.24) is 15.5 Å². The summed E-state index contributed by atoms with van der Waals surface area (Å²) in [6, 6.07) is 10.3. The minimum Gasteiger partial charge on any atom is -0.465 e. The highest BCUT2D eigenvalue weighted by molar-refractivity contribution is 6.05. The molecule has 0 saturated carbocycles. The first kappa shape index (κ1) is 21.8. The largest absolute Gasteiger partial charge is 0.465 e. The summed E-state index contributed by atoms with van der Waals surface area (Å²) in [5.74, 6) is -1.05. The van der Waals surface area contributed by atoms with Crippen molar-refractivity contribution in [2.24, 2.45) is 0 Å². The zero-order valence-electron chi connectivity index (χ0n) is 17.4. The van der Waals surface area contributed by atoms with Gasteiger partial charge in [-0.2, -0.15) is 0 Å². The molecular weight excluding hydrogens is 430 g/mol. The number of benzene rings is 2. The lowest BCUT2D eigenvalue weighted by molar-refractivity contribution is -0.136. The maximum absolute atomic E-state index is 12.7. The zero-order valence-corrected chi connectivity index (χ0v) is 17.4. The highest BCUT2D eigenvalue weighted by atomic mass is 16.4. The molecule has 0 aromatic heterocycles. The molecular formula is C22H21N5O6. The number of nitrogens with zero attached hydrogens (tertiary/aromatic N) is 1. The summed E-state index contributed by atoms with van der Waals surface area (Å²) < 4.78 is 0. The summed E-state index contributed by atoms with van der Waals surface area (Å²) in [4.78, 5) is 60.5. The number of rotatable bonds is 5. The lowest BCUT2D eigenvalue weighted by atomic mass is 10.0. The molecule has 170 valence electrons. The molecule has 0 aliphatic carbocycles. The first-order valence-electron chi connectivity index (χ1n) is 10.2. The Morgan fingerprint density at radius 1 is 1.03 bits per heavy atom. The summed E-state index contributed by atoms with van der Waals surface area (Å²) in [7, 11) is 0. The molecule has 1 fully saturated rings. The fraction of sp³-hybridized carbons (Fsp3) is 0.227. The third-order valence-electron chi connectivity index (χ3n) is 5.44. The van der Waals surface area contributed by atoms with Crippen LogP contribution in [0.1, 0.15) is 34.3 Å². The smallest absolute Gasteiger partial charge is 0.409 e. The van der Waals surface area contributed by atoms with Crippen LogP contribution in [0, 0.1) is 0 Å². The number of piperidine rings is 1. The first-order chi connectivity index (χ1) is 15.8. The summed E-state index contributed by atoms with van der Waals surface area (Å²) in [5.41, 5.74) is 2.91. The van der Waals surface area contributed by atoms with Gasteiger partial charge in [-0.25, -0.2) is 9.59 Å². The van der Waals surface area contributed by atoms with Gasteiger partial charge in [0.25, 0.3) is 5.91 Å². The lowest BCUT2D eigenvalue weighted by Crippen LogP contribution is -2.52. The molecule has 4 rings (SSSR count). The van der Waals surface area contributed by atoms with Crippen LogP contribution in [0.15, 0.2) is 42.5 Å². The zero-order chi connectivity index (χ0) is 23.5. The summed E-state index contributed by atoms with van der Waals surface area (Å²) in [6.07, 6.45) is -0.684. The van der Waals surface area contributed by atoms with E-state index in [-0.39, 0.29) is 31.3 Å². The molecule has 5 N–H and O–H groups in total. The molecule has 11 heteroatoms. The Morgan fingerprint density at radius 2 is 1.73 bits per heavy atom. The molecule has 0 spiro atoms. The Bertz CT molecular complexity index is 1150. The van der Waals surface area contributed by atoms with Gasteiger partial charge in [-0.15, -0.1) is 0 Å². The second-order valence-corrected chi connectivity index (χ2v) is 7.71. The number of carbonyl (C=O) groups excluding carboxylic acids is 4. The summed E-state index contributed by atoms with van der Waals surface area (Å²) >= 11 is 0. The Hall–Kier alpha value is -4.41. The molecule has 6 amide bonds. The van der Waals surface area contributed by atoms with Crippen LogP contribution in [0.2, 0.25) is 0 Å². The van der Waals surface area contributed by atoms with Crippen LogP contribution in [-0.4, -0.2) is 45.9 Å². The average molecular weight is 451 g/mol. The molecule has 2 aromatic carbocycles. The molecule has 2 heterocycles. The van der Waals surface area contributed by atoms with Crippen LogP contribution < -0.4 is 21.3 Å². The number of hydrogen-bond acceptors (Lipinski definition) is 5. The van der Waals surface area contributed by atoms with Crippen LogP contribution in [0.4, 0.5) is 21.0 Å². The molecule has 11 nitrogen and oxygen atoms in total. The number of carbonyl (C=O) groups is 5. The van der Waals surface area contributed by atoms with E-state index >= 15 is 0 Å². The summed E-state index contributed by atoms with van der Waals surface area (Å²) in [6.45, 7) is 0.474. The minimum atomic E-state index is -1.18. The van der Waals surface area contributed by atoms with Crippen LogP contribution in [0.25, 0.3) is 0 Å². The Labute approximate surface area is 188 Å². The standard InChI is InChI=1S/C22H21N5O6/c28-18-8-7-17(19(29)26-18)27-11-13-9-12(1-6-16(13)20(27)30)10-23-21(31)24-14-2-4-15(5-3-14)25-22(32)33/h1-6,9,17,25H,7-8,10-11H2,(H,32,33)(H2,23,24,31)(H,26,28,29). The predicted octanol–water partition coefficient (Wildman–Crippen LogP) is 1.86. The van der Waals surface area contributed by atoms with Gasteiger partial charge in [0.15, 0.2) is 0 Å². The third kappa shape index (κ3) is 4.92. The number of hydrogen-bond donors (Lipinski definition) is 5.